The molecule has 0 aliphatic rings. The highest BCUT2D eigenvalue weighted by Crippen LogP contribution is 2.41. The zero-order valence-electron chi connectivity index (χ0n) is 26.5. The van der Waals surface area contributed by atoms with Crippen LogP contribution in [0.3, 0.4) is 0 Å². The van der Waals surface area contributed by atoms with Crippen LogP contribution >= 0.6 is 0 Å². The minimum atomic E-state index is 0.907. The molecule has 10 aromatic rings. The van der Waals surface area contributed by atoms with E-state index in [-0.39, 0.29) is 0 Å². The van der Waals surface area contributed by atoms with E-state index in [9.17, 15) is 0 Å². The van der Waals surface area contributed by atoms with E-state index in [1.165, 1.54) is 10.8 Å². The number of benzene rings is 6. The Balaban J connectivity index is 1.15. The molecule has 228 valence electrons. The molecule has 0 saturated heterocycles. The maximum Gasteiger partial charge on any atom is 0.0972 e. The van der Waals surface area contributed by atoms with Crippen LogP contribution in [0.5, 0.6) is 0 Å². The van der Waals surface area contributed by atoms with Gasteiger partial charge in [0.05, 0.1) is 44.7 Å². The average molecular weight is 625 g/mol. The maximum absolute atomic E-state index is 5.26. The molecule has 4 aromatic heterocycles. The first-order valence-electron chi connectivity index (χ1n) is 16.5. The predicted octanol–water partition coefficient (Wildman–Crippen LogP) is 11.4. The fraction of sp³-hybridized carbons (Fsp3) is 0. The van der Waals surface area contributed by atoms with Gasteiger partial charge in [-0.2, -0.15) is 0 Å². The minimum Gasteiger partial charge on any atom is -0.307 e. The van der Waals surface area contributed by atoms with E-state index in [1.807, 2.05) is 18.2 Å². The molecule has 0 fully saturated rings. The zero-order chi connectivity index (χ0) is 32.3. The number of fused-ring (bicyclic) bond motifs is 8. The largest absolute Gasteiger partial charge is 0.307 e. The Morgan fingerprint density at radius 3 is 1.59 bits per heavy atom. The van der Waals surface area contributed by atoms with Crippen molar-refractivity contribution >= 4 is 54.5 Å². The van der Waals surface area contributed by atoms with Crippen LogP contribution in [0.2, 0.25) is 0 Å². The van der Waals surface area contributed by atoms with Crippen molar-refractivity contribution < 1.29 is 0 Å². The Bertz CT molecular complexity index is 2860. The molecule has 0 N–H and O–H groups in total. The van der Waals surface area contributed by atoms with E-state index >= 15 is 0 Å². The van der Waals surface area contributed by atoms with Crippen LogP contribution in [0.4, 0.5) is 0 Å². The highest BCUT2D eigenvalue weighted by molar-refractivity contribution is 6.23. The fourth-order valence-electron chi connectivity index (χ4n) is 7.24. The summed E-state index contributed by atoms with van der Waals surface area (Å²) >= 11 is 0. The van der Waals surface area contributed by atoms with Gasteiger partial charge in [0.1, 0.15) is 0 Å². The van der Waals surface area contributed by atoms with Crippen molar-refractivity contribution in [2.24, 2.45) is 0 Å². The maximum atomic E-state index is 5.26. The van der Waals surface area contributed by atoms with Gasteiger partial charge < -0.3 is 4.57 Å². The molecule has 4 heteroatoms. The summed E-state index contributed by atoms with van der Waals surface area (Å²) in [6, 6.07) is 59.5. The van der Waals surface area contributed by atoms with Gasteiger partial charge in [0.25, 0.3) is 0 Å². The summed E-state index contributed by atoms with van der Waals surface area (Å²) in [6.07, 6.45) is 0. The van der Waals surface area contributed by atoms with Crippen molar-refractivity contribution in [1.29, 1.82) is 0 Å². The zero-order valence-corrected chi connectivity index (χ0v) is 26.5. The Labute approximate surface area is 282 Å². The molecule has 0 aliphatic heterocycles. The highest BCUT2D eigenvalue weighted by Gasteiger charge is 2.20. The van der Waals surface area contributed by atoms with E-state index in [4.69, 9.17) is 15.0 Å². The molecular weight excluding hydrogens is 597 g/mol. The number of hydrogen-bond donors (Lipinski definition) is 0. The first kappa shape index (κ1) is 27.5. The Kier molecular flexibility index (Phi) is 6.15. The molecule has 0 aliphatic carbocycles. The number of hydrogen-bond acceptors (Lipinski definition) is 3. The van der Waals surface area contributed by atoms with Crippen molar-refractivity contribution in [3.63, 3.8) is 0 Å². The van der Waals surface area contributed by atoms with Crippen molar-refractivity contribution in [3.8, 4) is 39.5 Å². The summed E-state index contributed by atoms with van der Waals surface area (Å²) in [5, 5.41) is 5.73. The second kappa shape index (κ2) is 11.0. The molecule has 0 saturated carbocycles. The van der Waals surface area contributed by atoms with E-state index in [2.05, 4.69) is 156 Å². The van der Waals surface area contributed by atoms with Gasteiger partial charge in [0, 0.05) is 49.3 Å². The number of rotatable bonds is 4. The van der Waals surface area contributed by atoms with Gasteiger partial charge in [0.15, 0.2) is 0 Å². The second-order valence-corrected chi connectivity index (χ2v) is 12.4. The topological polar surface area (TPSA) is 43.6 Å². The van der Waals surface area contributed by atoms with Crippen molar-refractivity contribution in [2.45, 2.75) is 0 Å². The summed E-state index contributed by atoms with van der Waals surface area (Å²) < 4.78 is 2.37. The van der Waals surface area contributed by atoms with Gasteiger partial charge in [-0.15, -0.1) is 0 Å². The summed E-state index contributed by atoms with van der Waals surface area (Å²) in [5.74, 6) is 0. The lowest BCUT2D eigenvalue weighted by molar-refractivity contribution is 1.17. The summed E-state index contributed by atoms with van der Waals surface area (Å²) in [4.78, 5) is 15.6. The van der Waals surface area contributed by atoms with E-state index in [0.29, 0.717) is 0 Å². The smallest absolute Gasteiger partial charge is 0.0972 e. The molecule has 0 radical (unpaired) electrons. The highest BCUT2D eigenvalue weighted by atomic mass is 15.0. The fourth-order valence-corrected chi connectivity index (χ4v) is 7.24. The number of pyridine rings is 3. The normalized spacial score (nSPS) is 11.7. The van der Waals surface area contributed by atoms with Gasteiger partial charge in [-0.3, -0.25) is 0 Å². The summed E-state index contributed by atoms with van der Waals surface area (Å²) in [5.41, 5.74) is 12.2. The standard InChI is InChI=1S/C45H28N4/c1-3-11-29(12-4-1)37-27-23-32-19-20-33-24-28-38(47-43(33)42(32)46-37)30-21-25-34(26-22-30)49-40-18-10-8-16-36(40)41-35-15-7-9-17-39(35)48-44(45(41)49)31-13-5-2-6-14-31/h1-28H. The second-order valence-electron chi connectivity index (χ2n) is 12.4. The molecule has 10 rings (SSSR count). The van der Waals surface area contributed by atoms with E-state index < -0.39 is 0 Å². The summed E-state index contributed by atoms with van der Waals surface area (Å²) in [6.45, 7) is 0. The lowest BCUT2D eigenvalue weighted by atomic mass is 10.0. The predicted molar refractivity (Wildman–Crippen MR) is 203 cm³/mol. The molecular formula is C45H28N4. The molecule has 0 amide bonds. The van der Waals surface area contributed by atoms with Gasteiger partial charge in [-0.1, -0.05) is 133 Å². The first-order valence-corrected chi connectivity index (χ1v) is 16.5. The van der Waals surface area contributed by atoms with Crippen molar-refractivity contribution in [3.05, 3.63) is 170 Å². The molecule has 49 heavy (non-hydrogen) atoms. The molecule has 4 heterocycles. The molecule has 4 nitrogen and oxygen atoms in total. The minimum absolute atomic E-state index is 0.907. The van der Waals surface area contributed by atoms with Crippen LogP contribution in [-0.4, -0.2) is 19.5 Å². The van der Waals surface area contributed by atoms with Gasteiger partial charge in [-0.05, 0) is 36.4 Å². The van der Waals surface area contributed by atoms with E-state index in [1.54, 1.807) is 0 Å². The lowest BCUT2D eigenvalue weighted by Crippen LogP contribution is -1.98. The van der Waals surface area contributed by atoms with Gasteiger partial charge in [-0.25, -0.2) is 15.0 Å². The molecule has 0 atom stereocenters. The Hall–Kier alpha value is -6.65. The number of aromatic nitrogens is 4. The molecule has 0 unspecified atom stereocenters. The third-order valence-corrected chi connectivity index (χ3v) is 9.56. The van der Waals surface area contributed by atoms with Crippen LogP contribution < -0.4 is 0 Å². The Morgan fingerprint density at radius 2 is 0.918 bits per heavy atom. The van der Waals surface area contributed by atoms with Crippen LogP contribution in [0.25, 0.3) is 94.0 Å². The number of nitrogens with zero attached hydrogens (tertiary/aromatic N) is 4. The quantitative estimate of drug-likeness (QED) is 0.183. The first-order chi connectivity index (χ1) is 24.3. The van der Waals surface area contributed by atoms with Crippen LogP contribution in [0.15, 0.2) is 170 Å². The van der Waals surface area contributed by atoms with Crippen LogP contribution in [-0.2, 0) is 0 Å². The SMILES string of the molecule is c1ccc(-c2ccc3ccc4ccc(-c5ccc(-n6c7ccccc7c7c8ccccc8nc(-c8ccccc8)c76)cc5)nc4c3n2)cc1. The molecule has 0 bridgehead atoms. The van der Waals surface area contributed by atoms with Gasteiger partial charge in [0.2, 0.25) is 0 Å². The average Bonchev–Trinajstić information content (AvgIpc) is 3.53. The van der Waals surface area contributed by atoms with Crippen LogP contribution in [0.1, 0.15) is 0 Å². The molecule has 0 spiro atoms. The molecule has 6 aromatic carbocycles. The summed E-state index contributed by atoms with van der Waals surface area (Å²) in [7, 11) is 0. The Morgan fingerprint density at radius 1 is 0.388 bits per heavy atom. The number of para-hydroxylation sites is 2. The lowest BCUT2D eigenvalue weighted by Gasteiger charge is -2.13. The van der Waals surface area contributed by atoms with Crippen molar-refractivity contribution in [2.75, 3.05) is 0 Å². The van der Waals surface area contributed by atoms with Gasteiger partial charge >= 0.3 is 0 Å². The van der Waals surface area contributed by atoms with E-state index in [0.717, 1.165) is 83.2 Å². The van der Waals surface area contributed by atoms with Crippen LogP contribution in [0, 0.1) is 0 Å². The van der Waals surface area contributed by atoms with Crippen molar-refractivity contribution in [1.82, 2.24) is 19.5 Å². The monoisotopic (exact) mass is 624 g/mol. The third kappa shape index (κ3) is 4.42. The third-order valence-electron chi connectivity index (χ3n) is 9.56.